The quantitative estimate of drug-likeness (QED) is 0.564. The summed E-state index contributed by atoms with van der Waals surface area (Å²) in [5.41, 5.74) is 1.74. The molecule has 1 atom stereocenters. The van der Waals surface area contributed by atoms with Gasteiger partial charge in [0.05, 0.1) is 22.2 Å². The fourth-order valence-corrected chi connectivity index (χ4v) is 4.86. The number of rotatable bonds is 7. The van der Waals surface area contributed by atoms with E-state index in [-0.39, 0.29) is 34.8 Å². The lowest BCUT2D eigenvalue weighted by atomic mass is 10.2. The lowest BCUT2D eigenvalue weighted by Gasteiger charge is -2.16. The van der Waals surface area contributed by atoms with E-state index in [1.165, 1.54) is 0 Å². The summed E-state index contributed by atoms with van der Waals surface area (Å²) in [5, 5.41) is 8.15. The molecule has 0 saturated carbocycles. The Kier molecular flexibility index (Phi) is 6.54. The van der Waals surface area contributed by atoms with Gasteiger partial charge < -0.3 is 4.90 Å². The van der Waals surface area contributed by atoms with Gasteiger partial charge >= 0.3 is 0 Å². The Morgan fingerprint density at radius 1 is 1.22 bits per heavy atom. The number of sulfonamides is 1. The van der Waals surface area contributed by atoms with Crippen LogP contribution in [0.2, 0.25) is 5.02 Å². The van der Waals surface area contributed by atoms with E-state index in [0.29, 0.717) is 13.1 Å². The number of nitrogens with zero attached hydrogens (tertiary/aromatic N) is 4. The molecule has 1 aliphatic rings. The summed E-state index contributed by atoms with van der Waals surface area (Å²) in [5.74, 6) is -0.858. The predicted octanol–water partition coefficient (Wildman–Crippen LogP) is 2.88. The lowest BCUT2D eigenvalue weighted by molar-refractivity contribution is -0.130. The van der Waals surface area contributed by atoms with E-state index < -0.39 is 15.8 Å². The van der Waals surface area contributed by atoms with Gasteiger partial charge in [0, 0.05) is 31.6 Å². The molecule has 0 aliphatic carbocycles. The third-order valence-electron chi connectivity index (χ3n) is 5.30. The molecule has 1 unspecified atom stereocenters. The Balaban J connectivity index is 1.30. The molecule has 3 aromatic rings. The summed E-state index contributed by atoms with van der Waals surface area (Å²) in [6.45, 7) is 0.972. The molecule has 1 saturated heterocycles. The van der Waals surface area contributed by atoms with Crippen molar-refractivity contribution < 1.29 is 17.6 Å². The van der Waals surface area contributed by atoms with Crippen molar-refractivity contribution in [1.29, 1.82) is 0 Å². The molecule has 2 heterocycles. The number of hydrogen-bond acceptors (Lipinski definition) is 5. The van der Waals surface area contributed by atoms with Crippen LogP contribution in [0.3, 0.4) is 0 Å². The average Bonchev–Trinajstić information content (AvgIpc) is 3.46. The molecule has 0 bridgehead atoms. The van der Waals surface area contributed by atoms with E-state index in [2.05, 4.69) is 15.0 Å². The van der Waals surface area contributed by atoms with Crippen molar-refractivity contribution >= 4 is 27.5 Å². The first-order valence-electron chi connectivity index (χ1n) is 10.0. The van der Waals surface area contributed by atoms with E-state index in [4.69, 9.17) is 11.6 Å². The highest BCUT2D eigenvalue weighted by molar-refractivity contribution is 7.89. The highest BCUT2D eigenvalue weighted by atomic mass is 35.5. The molecule has 0 radical (unpaired) electrons. The molecule has 1 amide bonds. The number of hydrogen-bond donors (Lipinski definition) is 1. The zero-order valence-electron chi connectivity index (χ0n) is 17.0. The second-order valence-corrected chi connectivity index (χ2v) is 9.63. The van der Waals surface area contributed by atoms with Crippen molar-refractivity contribution in [3.05, 3.63) is 65.6 Å². The summed E-state index contributed by atoms with van der Waals surface area (Å²) in [4.78, 5) is 14.1. The molecular weight excluding hydrogens is 457 g/mol. The first-order chi connectivity index (χ1) is 15.3. The average molecular weight is 478 g/mol. The normalized spacial score (nSPS) is 16.4. The van der Waals surface area contributed by atoms with Gasteiger partial charge in [0.15, 0.2) is 0 Å². The van der Waals surface area contributed by atoms with Crippen molar-refractivity contribution in [1.82, 2.24) is 24.6 Å². The van der Waals surface area contributed by atoms with E-state index in [1.54, 1.807) is 9.58 Å². The Labute approximate surface area is 190 Å². The minimum absolute atomic E-state index is 0.00744. The highest BCUT2D eigenvalue weighted by Crippen LogP contribution is 2.24. The summed E-state index contributed by atoms with van der Waals surface area (Å²) in [6, 6.07) is 12.9. The fraction of sp³-hybridized carbons (Fsp3) is 0.286. The van der Waals surface area contributed by atoms with Gasteiger partial charge in [0.1, 0.15) is 11.5 Å². The van der Waals surface area contributed by atoms with Crippen molar-refractivity contribution in [3.63, 3.8) is 0 Å². The molecule has 11 heteroatoms. The van der Waals surface area contributed by atoms with Crippen LogP contribution < -0.4 is 4.72 Å². The van der Waals surface area contributed by atoms with Crippen LogP contribution in [0.25, 0.3) is 11.3 Å². The Morgan fingerprint density at radius 2 is 2.00 bits per heavy atom. The van der Waals surface area contributed by atoms with E-state index in [9.17, 15) is 17.6 Å². The van der Waals surface area contributed by atoms with Gasteiger partial charge in [-0.3, -0.25) is 4.79 Å². The number of likely N-dealkylation sites (tertiary alicyclic amines) is 1. The molecule has 8 nitrogen and oxygen atoms in total. The molecule has 1 fully saturated rings. The lowest BCUT2D eigenvalue weighted by Crippen LogP contribution is -2.33. The Hall–Kier alpha value is -2.82. The van der Waals surface area contributed by atoms with Gasteiger partial charge in [-0.2, -0.15) is 0 Å². The van der Waals surface area contributed by atoms with E-state index in [1.807, 2.05) is 36.5 Å². The third kappa shape index (κ3) is 4.98. The summed E-state index contributed by atoms with van der Waals surface area (Å²) < 4.78 is 42.0. The maximum absolute atomic E-state index is 13.3. The first-order valence-corrected chi connectivity index (χ1v) is 11.9. The van der Waals surface area contributed by atoms with E-state index in [0.717, 1.165) is 35.9 Å². The Morgan fingerprint density at radius 3 is 2.75 bits per heavy atom. The van der Waals surface area contributed by atoms with Crippen molar-refractivity contribution in [2.24, 2.45) is 0 Å². The zero-order chi connectivity index (χ0) is 22.7. The summed E-state index contributed by atoms with van der Waals surface area (Å²) >= 11 is 5.65. The molecule has 1 aromatic heterocycles. The van der Waals surface area contributed by atoms with Gasteiger partial charge in [0.2, 0.25) is 15.9 Å². The number of nitrogens with one attached hydrogen (secondary N) is 1. The van der Waals surface area contributed by atoms with Crippen LogP contribution in [0.15, 0.2) is 59.6 Å². The van der Waals surface area contributed by atoms with Crippen LogP contribution in [0.5, 0.6) is 0 Å². The molecule has 1 aliphatic heterocycles. The van der Waals surface area contributed by atoms with Crippen molar-refractivity contribution in [2.45, 2.75) is 23.8 Å². The molecule has 0 spiro atoms. The predicted molar refractivity (Wildman–Crippen MR) is 117 cm³/mol. The minimum Gasteiger partial charge on any atom is -0.340 e. The number of benzene rings is 2. The van der Waals surface area contributed by atoms with Crippen LogP contribution in [0.1, 0.15) is 18.9 Å². The maximum Gasteiger partial charge on any atom is 0.240 e. The fourth-order valence-electron chi connectivity index (χ4n) is 3.56. The monoisotopic (exact) mass is 477 g/mol. The Bertz CT molecular complexity index is 1220. The largest absolute Gasteiger partial charge is 0.340 e. The van der Waals surface area contributed by atoms with Crippen LogP contribution in [-0.2, 0) is 14.8 Å². The summed E-state index contributed by atoms with van der Waals surface area (Å²) in [6.07, 6.45) is 2.62. The number of aromatic nitrogens is 3. The number of halogens is 2. The van der Waals surface area contributed by atoms with Crippen LogP contribution >= 0.6 is 11.6 Å². The van der Waals surface area contributed by atoms with Gasteiger partial charge in [0.25, 0.3) is 0 Å². The highest BCUT2D eigenvalue weighted by Gasteiger charge is 2.28. The number of carbonyl (C=O) groups is 1. The van der Waals surface area contributed by atoms with Gasteiger partial charge in [-0.05, 0) is 24.6 Å². The molecule has 1 N–H and O–H groups in total. The van der Waals surface area contributed by atoms with Crippen LogP contribution in [0.4, 0.5) is 4.39 Å². The van der Waals surface area contributed by atoms with E-state index >= 15 is 0 Å². The standard InChI is InChI=1S/C21H21ClFN5O3S/c22-18-12-17(6-7-19(18)23)32(30,31)24-10-8-21(29)27-11-9-16(13-27)28-14-20(25-26-28)15-4-2-1-3-5-15/h1-7,12,14,16,24H,8-11,13H2. The SMILES string of the molecule is O=C(CCNS(=O)(=O)c1ccc(F)c(Cl)c1)N1CCC(n2cc(-c3ccccc3)nn2)C1. The van der Waals surface area contributed by atoms with Crippen LogP contribution in [-0.4, -0.2) is 53.9 Å². The summed E-state index contributed by atoms with van der Waals surface area (Å²) in [7, 11) is -3.89. The van der Waals surface area contributed by atoms with Gasteiger partial charge in [-0.15, -0.1) is 5.10 Å². The number of carbonyl (C=O) groups excluding carboxylic acids is 1. The maximum atomic E-state index is 13.3. The molecule has 168 valence electrons. The molecule has 2 aromatic carbocycles. The molecule has 32 heavy (non-hydrogen) atoms. The third-order valence-corrected chi connectivity index (χ3v) is 7.05. The minimum atomic E-state index is -3.89. The first kappa shape index (κ1) is 22.4. The second-order valence-electron chi connectivity index (χ2n) is 7.46. The van der Waals surface area contributed by atoms with Crippen molar-refractivity contribution in [2.75, 3.05) is 19.6 Å². The molecule has 4 rings (SSSR count). The number of amides is 1. The van der Waals surface area contributed by atoms with Crippen LogP contribution in [0, 0.1) is 5.82 Å². The molecular formula is C21H21ClFN5O3S. The smallest absolute Gasteiger partial charge is 0.240 e. The van der Waals surface area contributed by atoms with Crippen molar-refractivity contribution in [3.8, 4) is 11.3 Å². The zero-order valence-corrected chi connectivity index (χ0v) is 18.6. The topological polar surface area (TPSA) is 97.2 Å². The van der Waals surface area contributed by atoms with Gasteiger partial charge in [-0.1, -0.05) is 47.1 Å². The second kappa shape index (κ2) is 9.35. The van der Waals surface area contributed by atoms with Gasteiger partial charge in [-0.25, -0.2) is 22.2 Å².